The van der Waals surface area contributed by atoms with Crippen molar-refractivity contribution in [2.45, 2.75) is 79.8 Å². The van der Waals surface area contributed by atoms with E-state index in [4.69, 9.17) is 4.74 Å². The Hall–Kier alpha value is 0.620. The predicted molar refractivity (Wildman–Crippen MR) is 95.5 cm³/mol. The normalized spacial score (nSPS) is 41.3. The SMILES string of the molecule is CNC(C1CCOC2(CCCC2)C1)C1CSC(C)C(C)S1. The standard InChI is InChI=1S/C17H31NOS2/c1-12-13(2)21-15(11-20-12)16(18-3)14-6-9-19-17(10-14)7-4-5-8-17/h12-16,18H,4-11H2,1-3H3. The molecular formula is C17H31NOS2. The van der Waals surface area contributed by atoms with Gasteiger partial charge in [-0.25, -0.2) is 0 Å². The van der Waals surface area contributed by atoms with Gasteiger partial charge in [0.25, 0.3) is 0 Å². The van der Waals surface area contributed by atoms with Gasteiger partial charge in [0.1, 0.15) is 0 Å². The molecule has 5 unspecified atom stereocenters. The van der Waals surface area contributed by atoms with Gasteiger partial charge in [-0.15, -0.1) is 0 Å². The number of thioether (sulfide) groups is 2. The van der Waals surface area contributed by atoms with Gasteiger partial charge >= 0.3 is 0 Å². The molecule has 0 amide bonds. The third-order valence-corrected chi connectivity index (χ3v) is 9.38. The first-order valence-corrected chi connectivity index (χ1v) is 10.7. The fraction of sp³-hybridized carbons (Fsp3) is 1.00. The average Bonchev–Trinajstić information content (AvgIpc) is 2.91. The van der Waals surface area contributed by atoms with Crippen molar-refractivity contribution >= 4 is 23.5 Å². The third kappa shape index (κ3) is 3.59. The van der Waals surface area contributed by atoms with E-state index in [2.05, 4.69) is 49.7 Å². The van der Waals surface area contributed by atoms with Gasteiger partial charge in [-0.1, -0.05) is 26.7 Å². The number of rotatable bonds is 3. The molecule has 1 spiro atoms. The first-order valence-electron chi connectivity index (χ1n) is 8.72. The van der Waals surface area contributed by atoms with E-state index < -0.39 is 0 Å². The Labute approximate surface area is 138 Å². The van der Waals surface area contributed by atoms with Crippen LogP contribution in [0.4, 0.5) is 0 Å². The number of ether oxygens (including phenoxy) is 1. The van der Waals surface area contributed by atoms with E-state index in [1.807, 2.05) is 0 Å². The Bertz CT molecular complexity index is 346. The first-order chi connectivity index (χ1) is 10.1. The van der Waals surface area contributed by atoms with Crippen molar-refractivity contribution in [2.24, 2.45) is 5.92 Å². The molecule has 3 fully saturated rings. The van der Waals surface area contributed by atoms with Crippen molar-refractivity contribution in [3.63, 3.8) is 0 Å². The molecule has 0 aromatic heterocycles. The van der Waals surface area contributed by atoms with Crippen molar-refractivity contribution in [3.8, 4) is 0 Å². The van der Waals surface area contributed by atoms with Gasteiger partial charge in [0.15, 0.2) is 0 Å². The molecular weight excluding hydrogens is 298 g/mol. The van der Waals surface area contributed by atoms with Crippen LogP contribution in [0.25, 0.3) is 0 Å². The van der Waals surface area contributed by atoms with Gasteiger partial charge in [0.05, 0.1) is 5.60 Å². The molecule has 4 heteroatoms. The quantitative estimate of drug-likeness (QED) is 0.846. The van der Waals surface area contributed by atoms with Crippen LogP contribution in [0.2, 0.25) is 0 Å². The summed E-state index contributed by atoms with van der Waals surface area (Å²) >= 11 is 4.40. The lowest BCUT2D eigenvalue weighted by atomic mass is 9.80. The lowest BCUT2D eigenvalue weighted by Crippen LogP contribution is -2.51. The van der Waals surface area contributed by atoms with Gasteiger partial charge in [0, 0.05) is 34.2 Å². The summed E-state index contributed by atoms with van der Waals surface area (Å²) in [5.41, 5.74) is 0.253. The molecule has 1 saturated carbocycles. The molecule has 3 rings (SSSR count). The molecule has 2 saturated heterocycles. The zero-order valence-electron chi connectivity index (χ0n) is 13.8. The Kier molecular flexibility index (Phi) is 5.51. The second kappa shape index (κ2) is 7.02. The van der Waals surface area contributed by atoms with Gasteiger partial charge < -0.3 is 10.1 Å². The van der Waals surface area contributed by atoms with Crippen molar-refractivity contribution in [3.05, 3.63) is 0 Å². The zero-order valence-corrected chi connectivity index (χ0v) is 15.4. The van der Waals surface area contributed by atoms with Crippen LogP contribution in [0.5, 0.6) is 0 Å². The maximum Gasteiger partial charge on any atom is 0.0685 e. The van der Waals surface area contributed by atoms with E-state index in [0.29, 0.717) is 6.04 Å². The van der Waals surface area contributed by atoms with Crippen LogP contribution in [-0.2, 0) is 4.74 Å². The summed E-state index contributed by atoms with van der Waals surface area (Å²) in [6, 6.07) is 0.666. The number of nitrogens with one attached hydrogen (secondary N) is 1. The summed E-state index contributed by atoms with van der Waals surface area (Å²) in [6.45, 7) is 5.78. The van der Waals surface area contributed by atoms with E-state index >= 15 is 0 Å². The molecule has 0 aromatic carbocycles. The average molecular weight is 330 g/mol. The summed E-state index contributed by atoms with van der Waals surface area (Å²) in [4.78, 5) is 0. The van der Waals surface area contributed by atoms with Crippen LogP contribution in [0.1, 0.15) is 52.4 Å². The highest BCUT2D eigenvalue weighted by atomic mass is 32.2. The zero-order chi connectivity index (χ0) is 14.9. The smallest absolute Gasteiger partial charge is 0.0685 e. The van der Waals surface area contributed by atoms with E-state index in [1.54, 1.807) is 0 Å². The van der Waals surface area contributed by atoms with Crippen molar-refractivity contribution in [1.82, 2.24) is 5.32 Å². The molecule has 2 nitrogen and oxygen atoms in total. The lowest BCUT2D eigenvalue weighted by molar-refractivity contribution is -0.0973. The van der Waals surface area contributed by atoms with E-state index in [9.17, 15) is 0 Å². The van der Waals surface area contributed by atoms with E-state index in [0.717, 1.165) is 28.3 Å². The molecule has 5 atom stereocenters. The molecule has 3 aliphatic rings. The van der Waals surface area contributed by atoms with Gasteiger partial charge in [-0.2, -0.15) is 23.5 Å². The summed E-state index contributed by atoms with van der Waals surface area (Å²) < 4.78 is 6.24. The second-order valence-corrected chi connectivity index (χ2v) is 10.3. The van der Waals surface area contributed by atoms with Crippen molar-refractivity contribution in [1.29, 1.82) is 0 Å². The Morgan fingerprint density at radius 3 is 2.62 bits per heavy atom. The molecule has 1 aliphatic carbocycles. The molecule has 2 heterocycles. The highest BCUT2D eigenvalue weighted by Gasteiger charge is 2.44. The molecule has 122 valence electrons. The first kappa shape index (κ1) is 16.5. The van der Waals surface area contributed by atoms with Crippen LogP contribution in [0.3, 0.4) is 0 Å². The fourth-order valence-corrected chi connectivity index (χ4v) is 7.71. The van der Waals surface area contributed by atoms with Gasteiger partial charge in [-0.05, 0) is 38.6 Å². The molecule has 21 heavy (non-hydrogen) atoms. The van der Waals surface area contributed by atoms with E-state index in [1.165, 1.54) is 44.3 Å². The monoisotopic (exact) mass is 329 g/mol. The molecule has 1 N–H and O–H groups in total. The van der Waals surface area contributed by atoms with Crippen LogP contribution in [0.15, 0.2) is 0 Å². The predicted octanol–water partition coefficient (Wildman–Crippen LogP) is 3.94. The fourth-order valence-electron chi connectivity index (χ4n) is 4.46. The minimum absolute atomic E-state index is 0.253. The van der Waals surface area contributed by atoms with Gasteiger partial charge in [0.2, 0.25) is 0 Å². The highest BCUT2D eigenvalue weighted by Crippen LogP contribution is 2.45. The lowest BCUT2D eigenvalue weighted by Gasteiger charge is -2.45. The molecule has 2 aliphatic heterocycles. The Morgan fingerprint density at radius 2 is 1.95 bits per heavy atom. The molecule has 0 aromatic rings. The maximum atomic E-state index is 6.24. The maximum absolute atomic E-state index is 6.24. The third-order valence-electron chi connectivity index (χ3n) is 5.86. The molecule has 0 bridgehead atoms. The van der Waals surface area contributed by atoms with E-state index in [-0.39, 0.29) is 5.60 Å². The summed E-state index contributed by atoms with van der Waals surface area (Å²) in [6.07, 6.45) is 7.90. The van der Waals surface area contributed by atoms with Crippen LogP contribution < -0.4 is 5.32 Å². The Balaban J connectivity index is 1.65. The summed E-state index contributed by atoms with van der Waals surface area (Å²) in [5.74, 6) is 2.12. The van der Waals surface area contributed by atoms with Gasteiger partial charge in [-0.3, -0.25) is 0 Å². The largest absolute Gasteiger partial charge is 0.375 e. The minimum atomic E-state index is 0.253. The highest BCUT2D eigenvalue weighted by molar-refractivity contribution is 8.07. The Morgan fingerprint density at radius 1 is 1.19 bits per heavy atom. The number of hydrogen-bond acceptors (Lipinski definition) is 4. The molecule has 0 radical (unpaired) electrons. The van der Waals surface area contributed by atoms with Crippen LogP contribution >= 0.6 is 23.5 Å². The summed E-state index contributed by atoms with van der Waals surface area (Å²) in [7, 11) is 2.18. The minimum Gasteiger partial charge on any atom is -0.375 e. The topological polar surface area (TPSA) is 21.3 Å². The second-order valence-electron chi connectivity index (χ2n) is 7.22. The number of hydrogen-bond donors (Lipinski definition) is 1. The van der Waals surface area contributed by atoms with Crippen molar-refractivity contribution < 1.29 is 4.74 Å². The van der Waals surface area contributed by atoms with Crippen LogP contribution in [-0.4, -0.2) is 46.8 Å². The summed E-state index contributed by atoms with van der Waals surface area (Å²) in [5, 5.41) is 6.05. The van der Waals surface area contributed by atoms with Crippen molar-refractivity contribution in [2.75, 3.05) is 19.4 Å². The van der Waals surface area contributed by atoms with Crippen LogP contribution in [0, 0.1) is 5.92 Å².